The minimum Gasteiger partial charge on any atom is -0.315 e. The standard InChI is InChI=1S/C14H24N2S/c1-5-16-10-14(15-4)12-6-8-13(9-7-12)17-11(2)3/h6-9,11,14-16H,5,10H2,1-4H3. The normalized spacial score (nSPS) is 13.0. The summed E-state index contributed by atoms with van der Waals surface area (Å²) in [5.41, 5.74) is 1.35. The molecule has 17 heavy (non-hydrogen) atoms. The molecule has 0 saturated carbocycles. The fraction of sp³-hybridized carbons (Fsp3) is 0.571. The molecule has 0 bridgehead atoms. The Morgan fingerprint density at radius 3 is 2.29 bits per heavy atom. The van der Waals surface area contributed by atoms with Crippen molar-refractivity contribution in [3.05, 3.63) is 29.8 Å². The lowest BCUT2D eigenvalue weighted by atomic mass is 10.1. The molecule has 3 heteroatoms. The fourth-order valence-corrected chi connectivity index (χ4v) is 2.56. The van der Waals surface area contributed by atoms with E-state index in [9.17, 15) is 0 Å². The number of benzene rings is 1. The van der Waals surface area contributed by atoms with Crippen LogP contribution in [0.3, 0.4) is 0 Å². The molecule has 0 radical (unpaired) electrons. The topological polar surface area (TPSA) is 24.1 Å². The lowest BCUT2D eigenvalue weighted by molar-refractivity contribution is 0.538. The molecule has 0 heterocycles. The van der Waals surface area contributed by atoms with Gasteiger partial charge in [-0.05, 0) is 31.3 Å². The molecule has 96 valence electrons. The van der Waals surface area contributed by atoms with Gasteiger partial charge in [-0.3, -0.25) is 0 Å². The molecule has 1 rings (SSSR count). The van der Waals surface area contributed by atoms with Crippen LogP contribution >= 0.6 is 11.8 Å². The molecule has 2 nitrogen and oxygen atoms in total. The van der Waals surface area contributed by atoms with Crippen molar-refractivity contribution >= 4 is 11.8 Å². The maximum Gasteiger partial charge on any atom is 0.0444 e. The van der Waals surface area contributed by atoms with Gasteiger partial charge in [0.1, 0.15) is 0 Å². The van der Waals surface area contributed by atoms with Gasteiger partial charge in [0, 0.05) is 22.7 Å². The van der Waals surface area contributed by atoms with Crippen molar-refractivity contribution in [1.82, 2.24) is 10.6 Å². The highest BCUT2D eigenvalue weighted by Gasteiger charge is 2.08. The van der Waals surface area contributed by atoms with Crippen LogP contribution in [0.25, 0.3) is 0 Å². The van der Waals surface area contributed by atoms with E-state index >= 15 is 0 Å². The average Bonchev–Trinajstić information content (AvgIpc) is 2.31. The zero-order valence-corrected chi connectivity index (χ0v) is 12.1. The van der Waals surface area contributed by atoms with Crippen molar-refractivity contribution < 1.29 is 0 Å². The van der Waals surface area contributed by atoms with Crippen molar-refractivity contribution in [2.24, 2.45) is 0 Å². The summed E-state index contributed by atoms with van der Waals surface area (Å²) in [5, 5.41) is 7.36. The van der Waals surface area contributed by atoms with Crippen LogP contribution < -0.4 is 10.6 Å². The third-order valence-corrected chi connectivity index (χ3v) is 3.62. The Hall–Kier alpha value is -0.510. The smallest absolute Gasteiger partial charge is 0.0444 e. The number of hydrogen-bond acceptors (Lipinski definition) is 3. The molecule has 1 unspecified atom stereocenters. The number of likely N-dealkylation sites (N-methyl/N-ethyl adjacent to an activating group) is 2. The summed E-state index contributed by atoms with van der Waals surface area (Å²) >= 11 is 1.91. The number of thioether (sulfide) groups is 1. The zero-order valence-electron chi connectivity index (χ0n) is 11.3. The molecule has 1 aromatic rings. The number of hydrogen-bond donors (Lipinski definition) is 2. The second kappa shape index (κ2) is 7.75. The van der Waals surface area contributed by atoms with E-state index in [4.69, 9.17) is 0 Å². The maximum atomic E-state index is 3.38. The van der Waals surface area contributed by atoms with E-state index in [0.717, 1.165) is 13.1 Å². The minimum atomic E-state index is 0.396. The van der Waals surface area contributed by atoms with Gasteiger partial charge >= 0.3 is 0 Å². The van der Waals surface area contributed by atoms with Gasteiger partial charge in [0.25, 0.3) is 0 Å². The van der Waals surface area contributed by atoms with Crippen molar-refractivity contribution in [2.75, 3.05) is 20.1 Å². The summed E-state index contributed by atoms with van der Waals surface area (Å²) in [6.07, 6.45) is 0. The van der Waals surface area contributed by atoms with Crippen LogP contribution in [0.2, 0.25) is 0 Å². The van der Waals surface area contributed by atoms with Crippen LogP contribution in [0.4, 0.5) is 0 Å². The summed E-state index contributed by atoms with van der Waals surface area (Å²) < 4.78 is 0. The summed E-state index contributed by atoms with van der Waals surface area (Å²) in [7, 11) is 2.01. The molecule has 1 aromatic carbocycles. The third kappa shape index (κ3) is 5.11. The summed E-state index contributed by atoms with van der Waals surface area (Å²) in [6, 6.07) is 9.28. The van der Waals surface area contributed by atoms with E-state index < -0.39 is 0 Å². The molecule has 0 fully saturated rings. The predicted molar refractivity (Wildman–Crippen MR) is 77.8 cm³/mol. The maximum absolute atomic E-state index is 3.38. The van der Waals surface area contributed by atoms with Crippen LogP contribution in [-0.2, 0) is 0 Å². The molecule has 0 spiro atoms. The molecular formula is C14H24N2S. The Kier molecular flexibility index (Phi) is 6.63. The Morgan fingerprint density at radius 2 is 1.82 bits per heavy atom. The minimum absolute atomic E-state index is 0.396. The summed E-state index contributed by atoms with van der Waals surface area (Å²) in [4.78, 5) is 1.35. The molecule has 0 aromatic heterocycles. The van der Waals surface area contributed by atoms with Gasteiger partial charge in [-0.15, -0.1) is 11.8 Å². The SMILES string of the molecule is CCNCC(NC)c1ccc(SC(C)C)cc1. The van der Waals surface area contributed by atoms with Crippen LogP contribution in [-0.4, -0.2) is 25.4 Å². The Bertz CT molecular complexity index is 309. The largest absolute Gasteiger partial charge is 0.315 e. The lowest BCUT2D eigenvalue weighted by Gasteiger charge is -2.17. The van der Waals surface area contributed by atoms with Gasteiger partial charge in [-0.1, -0.05) is 32.9 Å². The summed E-state index contributed by atoms with van der Waals surface area (Å²) in [6.45, 7) is 8.57. The Labute approximate surface area is 110 Å². The average molecular weight is 252 g/mol. The van der Waals surface area contributed by atoms with Crippen LogP contribution in [0, 0.1) is 0 Å². The van der Waals surface area contributed by atoms with Crippen molar-refractivity contribution in [3.63, 3.8) is 0 Å². The van der Waals surface area contributed by atoms with Gasteiger partial charge in [-0.25, -0.2) is 0 Å². The fourth-order valence-electron chi connectivity index (χ4n) is 1.73. The lowest BCUT2D eigenvalue weighted by Crippen LogP contribution is -2.29. The van der Waals surface area contributed by atoms with Crippen molar-refractivity contribution in [3.8, 4) is 0 Å². The van der Waals surface area contributed by atoms with Gasteiger partial charge in [0.05, 0.1) is 0 Å². The van der Waals surface area contributed by atoms with E-state index in [1.54, 1.807) is 0 Å². The van der Waals surface area contributed by atoms with Gasteiger partial charge in [0.15, 0.2) is 0 Å². The molecular weight excluding hydrogens is 228 g/mol. The first-order chi connectivity index (χ1) is 8.17. The third-order valence-electron chi connectivity index (χ3n) is 2.60. The van der Waals surface area contributed by atoms with Crippen molar-refractivity contribution in [1.29, 1.82) is 0 Å². The Morgan fingerprint density at radius 1 is 1.18 bits per heavy atom. The highest BCUT2D eigenvalue weighted by Crippen LogP contribution is 2.24. The van der Waals surface area contributed by atoms with Crippen LogP contribution in [0.15, 0.2) is 29.2 Å². The zero-order chi connectivity index (χ0) is 12.7. The van der Waals surface area contributed by atoms with Gasteiger partial charge < -0.3 is 10.6 Å². The van der Waals surface area contributed by atoms with Crippen LogP contribution in [0.1, 0.15) is 32.4 Å². The first kappa shape index (κ1) is 14.6. The second-order valence-corrected chi connectivity index (χ2v) is 6.03. The quantitative estimate of drug-likeness (QED) is 0.729. The highest BCUT2D eigenvalue weighted by molar-refractivity contribution is 7.99. The molecule has 0 amide bonds. The number of rotatable bonds is 7. The Balaban J connectivity index is 2.64. The molecule has 0 aliphatic rings. The molecule has 1 atom stereocenters. The van der Waals surface area contributed by atoms with Crippen molar-refractivity contribution in [2.45, 2.75) is 37.0 Å². The van der Waals surface area contributed by atoms with E-state index in [1.165, 1.54) is 10.5 Å². The first-order valence-corrected chi connectivity index (χ1v) is 7.20. The van der Waals surface area contributed by atoms with E-state index in [-0.39, 0.29) is 0 Å². The second-order valence-electron chi connectivity index (χ2n) is 4.38. The van der Waals surface area contributed by atoms with E-state index in [1.807, 2.05) is 18.8 Å². The molecule has 0 aliphatic carbocycles. The molecule has 2 N–H and O–H groups in total. The summed E-state index contributed by atoms with van der Waals surface area (Å²) in [5.74, 6) is 0. The monoisotopic (exact) mass is 252 g/mol. The van der Waals surface area contributed by atoms with E-state index in [2.05, 4.69) is 55.7 Å². The predicted octanol–water partition coefficient (Wildman–Crippen LogP) is 3.06. The van der Waals surface area contributed by atoms with Gasteiger partial charge in [0.2, 0.25) is 0 Å². The number of nitrogens with one attached hydrogen (secondary N) is 2. The van der Waals surface area contributed by atoms with E-state index in [0.29, 0.717) is 11.3 Å². The van der Waals surface area contributed by atoms with Crippen LogP contribution in [0.5, 0.6) is 0 Å². The first-order valence-electron chi connectivity index (χ1n) is 6.32. The van der Waals surface area contributed by atoms with Gasteiger partial charge in [-0.2, -0.15) is 0 Å². The molecule has 0 aliphatic heterocycles. The molecule has 0 saturated heterocycles. The highest BCUT2D eigenvalue weighted by atomic mass is 32.2.